The molecule has 1 heterocycles. The number of benzene rings is 2. The number of hydrogen-bond acceptors (Lipinski definition) is 3. The number of fused-ring (bicyclic) bond motifs is 1. The fraction of sp³-hybridized carbons (Fsp3) is 0.316. The molecule has 0 atom stereocenters. The lowest BCUT2D eigenvalue weighted by Gasteiger charge is -2.10. The molecule has 4 heteroatoms. The molecule has 0 saturated heterocycles. The van der Waals surface area contributed by atoms with Crippen LogP contribution in [0.2, 0.25) is 0 Å². The van der Waals surface area contributed by atoms with Gasteiger partial charge < -0.3 is 14.0 Å². The molecule has 0 amide bonds. The minimum absolute atomic E-state index is 0.463. The van der Waals surface area contributed by atoms with Crippen molar-refractivity contribution in [1.82, 2.24) is 9.55 Å². The normalized spacial score (nSPS) is 10.9. The van der Waals surface area contributed by atoms with Crippen molar-refractivity contribution >= 4 is 11.0 Å². The zero-order valence-corrected chi connectivity index (χ0v) is 13.7. The molecule has 0 spiro atoms. The van der Waals surface area contributed by atoms with Crippen LogP contribution in [0, 0.1) is 0 Å². The predicted molar refractivity (Wildman–Crippen MR) is 92.0 cm³/mol. The van der Waals surface area contributed by atoms with Crippen molar-refractivity contribution in [2.75, 3.05) is 7.11 Å². The van der Waals surface area contributed by atoms with E-state index in [2.05, 4.69) is 29.7 Å². The number of imidazole rings is 1. The zero-order chi connectivity index (χ0) is 16.1. The average Bonchev–Trinajstić information content (AvgIpc) is 2.96. The quantitative estimate of drug-likeness (QED) is 0.648. The van der Waals surface area contributed by atoms with Gasteiger partial charge in [-0.15, -0.1) is 0 Å². The highest BCUT2D eigenvalue weighted by Gasteiger charge is 2.10. The molecule has 0 radical (unpaired) electrons. The first-order valence-electron chi connectivity index (χ1n) is 8.03. The molecule has 23 heavy (non-hydrogen) atoms. The second-order valence-corrected chi connectivity index (χ2v) is 5.49. The van der Waals surface area contributed by atoms with Gasteiger partial charge in [0.25, 0.3) is 0 Å². The lowest BCUT2D eigenvalue weighted by Crippen LogP contribution is -2.07. The zero-order valence-electron chi connectivity index (χ0n) is 13.7. The van der Waals surface area contributed by atoms with Gasteiger partial charge in [-0.05, 0) is 42.8 Å². The second-order valence-electron chi connectivity index (χ2n) is 5.49. The van der Waals surface area contributed by atoms with Gasteiger partial charge >= 0.3 is 0 Å². The highest BCUT2D eigenvalue weighted by atomic mass is 16.5. The number of nitrogens with zero attached hydrogens (tertiary/aromatic N) is 2. The number of methoxy groups -OCH3 is 1. The van der Waals surface area contributed by atoms with Gasteiger partial charge in [0, 0.05) is 6.54 Å². The van der Waals surface area contributed by atoms with E-state index < -0.39 is 0 Å². The number of para-hydroxylation sites is 2. The number of aromatic nitrogens is 2. The van der Waals surface area contributed by atoms with Crippen LogP contribution >= 0.6 is 0 Å². The minimum atomic E-state index is 0.463. The predicted octanol–water partition coefficient (Wildman–Crippen LogP) is 4.42. The third kappa shape index (κ3) is 3.47. The second kappa shape index (κ2) is 7.18. The molecule has 3 aromatic rings. The van der Waals surface area contributed by atoms with Crippen molar-refractivity contribution in [2.45, 2.75) is 32.9 Å². The highest BCUT2D eigenvalue weighted by Crippen LogP contribution is 2.21. The van der Waals surface area contributed by atoms with Crippen LogP contribution in [0.4, 0.5) is 0 Å². The van der Waals surface area contributed by atoms with E-state index in [-0.39, 0.29) is 0 Å². The molecule has 3 rings (SSSR count). The number of aryl methyl sites for hydroxylation is 1. The van der Waals surface area contributed by atoms with Gasteiger partial charge in [0.05, 0.1) is 18.1 Å². The smallest absolute Gasteiger partial charge is 0.147 e. The lowest BCUT2D eigenvalue weighted by molar-refractivity contribution is 0.289. The van der Waals surface area contributed by atoms with Crippen molar-refractivity contribution in [3.63, 3.8) is 0 Å². The maximum atomic E-state index is 5.90. The summed E-state index contributed by atoms with van der Waals surface area (Å²) < 4.78 is 13.3. The van der Waals surface area contributed by atoms with E-state index >= 15 is 0 Å². The van der Waals surface area contributed by atoms with Crippen LogP contribution < -0.4 is 9.47 Å². The molecular weight excluding hydrogens is 288 g/mol. The molecule has 1 aromatic heterocycles. The minimum Gasteiger partial charge on any atom is -0.497 e. The van der Waals surface area contributed by atoms with Crippen LogP contribution in [0.1, 0.15) is 25.6 Å². The summed E-state index contributed by atoms with van der Waals surface area (Å²) in [5.74, 6) is 2.61. The summed E-state index contributed by atoms with van der Waals surface area (Å²) in [7, 11) is 1.66. The Kier molecular flexibility index (Phi) is 4.81. The Morgan fingerprint density at radius 3 is 2.48 bits per heavy atom. The number of ether oxygens (including phenoxy) is 2. The molecular formula is C19H22N2O2. The van der Waals surface area contributed by atoms with Crippen LogP contribution in [0.25, 0.3) is 11.0 Å². The van der Waals surface area contributed by atoms with E-state index in [0.717, 1.165) is 42.2 Å². The Labute approximate surface area is 136 Å². The van der Waals surface area contributed by atoms with Gasteiger partial charge in [0.1, 0.15) is 23.9 Å². The maximum Gasteiger partial charge on any atom is 0.147 e. The van der Waals surface area contributed by atoms with Gasteiger partial charge in [0.15, 0.2) is 0 Å². The van der Waals surface area contributed by atoms with Crippen LogP contribution in [0.15, 0.2) is 48.5 Å². The van der Waals surface area contributed by atoms with Crippen LogP contribution in [-0.2, 0) is 13.2 Å². The molecule has 0 aliphatic rings. The van der Waals surface area contributed by atoms with Gasteiger partial charge in [-0.3, -0.25) is 0 Å². The van der Waals surface area contributed by atoms with Crippen molar-refractivity contribution in [1.29, 1.82) is 0 Å². The average molecular weight is 310 g/mol. The molecule has 4 nitrogen and oxygen atoms in total. The summed E-state index contributed by atoms with van der Waals surface area (Å²) in [6.45, 7) is 3.63. The lowest BCUT2D eigenvalue weighted by atomic mass is 10.3. The van der Waals surface area contributed by atoms with Crippen LogP contribution in [0.3, 0.4) is 0 Å². The fourth-order valence-electron chi connectivity index (χ4n) is 2.62. The van der Waals surface area contributed by atoms with E-state index in [1.807, 2.05) is 30.3 Å². The van der Waals surface area contributed by atoms with Crippen LogP contribution in [0.5, 0.6) is 11.5 Å². The molecule has 0 aliphatic carbocycles. The first kappa shape index (κ1) is 15.4. The van der Waals surface area contributed by atoms with Crippen LogP contribution in [-0.4, -0.2) is 16.7 Å². The maximum absolute atomic E-state index is 5.90. The topological polar surface area (TPSA) is 36.3 Å². The van der Waals surface area contributed by atoms with E-state index in [0.29, 0.717) is 6.61 Å². The molecule has 0 N–H and O–H groups in total. The summed E-state index contributed by atoms with van der Waals surface area (Å²) >= 11 is 0. The van der Waals surface area contributed by atoms with E-state index in [1.165, 1.54) is 5.52 Å². The van der Waals surface area contributed by atoms with E-state index in [9.17, 15) is 0 Å². The Morgan fingerprint density at radius 1 is 1.00 bits per heavy atom. The Balaban J connectivity index is 1.80. The highest BCUT2D eigenvalue weighted by molar-refractivity contribution is 5.75. The van der Waals surface area contributed by atoms with Gasteiger partial charge in [0.2, 0.25) is 0 Å². The van der Waals surface area contributed by atoms with Crippen molar-refractivity contribution in [3.05, 3.63) is 54.4 Å². The monoisotopic (exact) mass is 310 g/mol. The molecule has 0 saturated carbocycles. The molecule has 0 bridgehead atoms. The summed E-state index contributed by atoms with van der Waals surface area (Å²) in [6.07, 6.45) is 2.29. The Morgan fingerprint density at radius 2 is 1.74 bits per heavy atom. The summed E-state index contributed by atoms with van der Waals surface area (Å²) in [4.78, 5) is 4.73. The van der Waals surface area contributed by atoms with Crippen molar-refractivity contribution in [2.24, 2.45) is 0 Å². The Bertz CT molecular complexity index is 763. The summed E-state index contributed by atoms with van der Waals surface area (Å²) in [5, 5.41) is 0. The standard InChI is InChI=1S/C19H22N2O2/c1-3-4-13-21-18-8-6-5-7-17(18)20-19(21)14-23-16-11-9-15(22-2)10-12-16/h5-12H,3-4,13-14H2,1-2H3. The van der Waals surface area contributed by atoms with Crippen molar-refractivity contribution in [3.8, 4) is 11.5 Å². The molecule has 120 valence electrons. The molecule has 0 fully saturated rings. The first-order chi connectivity index (χ1) is 11.3. The molecule has 0 aliphatic heterocycles. The summed E-state index contributed by atoms with van der Waals surface area (Å²) in [5.41, 5.74) is 2.20. The van der Waals surface area contributed by atoms with Gasteiger partial charge in [-0.25, -0.2) is 4.98 Å². The van der Waals surface area contributed by atoms with Gasteiger partial charge in [-0.2, -0.15) is 0 Å². The van der Waals surface area contributed by atoms with E-state index in [1.54, 1.807) is 7.11 Å². The molecule has 2 aromatic carbocycles. The first-order valence-corrected chi connectivity index (χ1v) is 8.03. The number of rotatable bonds is 7. The SMILES string of the molecule is CCCCn1c(COc2ccc(OC)cc2)nc2ccccc21. The number of hydrogen-bond donors (Lipinski definition) is 0. The third-order valence-electron chi connectivity index (χ3n) is 3.90. The largest absolute Gasteiger partial charge is 0.497 e. The summed E-state index contributed by atoms with van der Waals surface area (Å²) in [6, 6.07) is 15.9. The van der Waals surface area contributed by atoms with Gasteiger partial charge in [-0.1, -0.05) is 25.5 Å². The molecule has 0 unspecified atom stereocenters. The third-order valence-corrected chi connectivity index (χ3v) is 3.90. The number of unbranched alkanes of at least 4 members (excludes halogenated alkanes) is 1. The van der Waals surface area contributed by atoms with Crippen molar-refractivity contribution < 1.29 is 9.47 Å². The fourth-order valence-corrected chi connectivity index (χ4v) is 2.62. The van der Waals surface area contributed by atoms with E-state index in [4.69, 9.17) is 14.5 Å². The Hall–Kier alpha value is -2.49.